The van der Waals surface area contributed by atoms with Gasteiger partial charge < -0.3 is 0 Å². The first-order valence-corrected chi connectivity index (χ1v) is 21.6. The van der Waals surface area contributed by atoms with Crippen molar-refractivity contribution >= 4 is 44.9 Å². The van der Waals surface area contributed by atoms with Gasteiger partial charge in [0.15, 0.2) is 0 Å². The zero-order chi connectivity index (χ0) is 25.4. The summed E-state index contributed by atoms with van der Waals surface area (Å²) < 4.78 is 0.956. The maximum atomic E-state index is 7.01. The molecule has 182 valence electrons. The van der Waals surface area contributed by atoms with E-state index in [1.165, 1.54) is 33.4 Å². The van der Waals surface area contributed by atoms with Crippen molar-refractivity contribution in [3.8, 4) is 22.3 Å². The van der Waals surface area contributed by atoms with Crippen LogP contribution in [0.1, 0.15) is 101 Å². The minimum absolute atomic E-state index is 0.363. The van der Waals surface area contributed by atoms with Crippen LogP contribution in [0, 0.1) is 0 Å². The summed E-state index contributed by atoms with van der Waals surface area (Å²) in [6.07, 6.45) is 0. The molecule has 0 aliphatic heterocycles. The Labute approximate surface area is 222 Å². The third kappa shape index (κ3) is 5.56. The van der Waals surface area contributed by atoms with Crippen LogP contribution in [0.4, 0.5) is 0 Å². The monoisotopic (exact) mass is 576 g/mol. The van der Waals surface area contributed by atoms with Crippen LogP contribution in [-0.2, 0) is 0 Å². The van der Waals surface area contributed by atoms with Crippen LogP contribution in [-0.4, -0.2) is 10.5 Å². The molecule has 3 aromatic rings. The Hall–Kier alpha value is -0.927. The van der Waals surface area contributed by atoms with E-state index in [1.807, 2.05) is 0 Å². The molecule has 0 nitrogen and oxygen atoms in total. The molecule has 0 N–H and O–H groups in total. The molecule has 3 aromatic carbocycles. The molecule has 0 aromatic heterocycles. The van der Waals surface area contributed by atoms with Crippen LogP contribution in [0.3, 0.4) is 0 Å². The molecule has 0 atom stereocenters. The molecule has 0 amide bonds. The Morgan fingerprint density at radius 2 is 0.735 bits per heavy atom. The zero-order valence-electron chi connectivity index (χ0n) is 21.6. The van der Waals surface area contributed by atoms with Crippen LogP contribution in [0.5, 0.6) is 0 Å². The van der Waals surface area contributed by atoms with Crippen molar-refractivity contribution in [1.82, 2.24) is 0 Å². The van der Waals surface area contributed by atoms with E-state index in [2.05, 4.69) is 110 Å². The summed E-state index contributed by atoms with van der Waals surface area (Å²) >= 11 is 0. The van der Waals surface area contributed by atoms with Gasteiger partial charge in [-0.2, -0.15) is 0 Å². The predicted molar refractivity (Wildman–Crippen MR) is 157 cm³/mol. The van der Waals surface area contributed by atoms with Crippen molar-refractivity contribution in [2.45, 2.75) is 79.1 Å². The fourth-order valence-electron chi connectivity index (χ4n) is 5.00. The van der Waals surface area contributed by atoms with Crippen molar-refractivity contribution in [3.63, 3.8) is 0 Å². The Morgan fingerprint density at radius 3 is 0.971 bits per heavy atom. The van der Waals surface area contributed by atoms with E-state index >= 15 is 0 Å². The van der Waals surface area contributed by atoms with E-state index in [4.69, 9.17) is 30.0 Å². The molecule has 0 saturated carbocycles. The van der Waals surface area contributed by atoms with Crippen molar-refractivity contribution in [2.75, 3.05) is 0 Å². The van der Waals surface area contributed by atoms with E-state index < -0.39 is 10.5 Å². The van der Waals surface area contributed by atoms with E-state index in [1.54, 1.807) is 0 Å². The topological polar surface area (TPSA) is 0 Å². The Morgan fingerprint density at radius 1 is 0.471 bits per heavy atom. The Bertz CT molecular complexity index is 1020. The number of hydrogen-bond donors (Lipinski definition) is 0. The molecule has 0 bridgehead atoms. The fourth-order valence-corrected chi connectivity index (χ4v) is 10.3. The molecule has 34 heavy (non-hydrogen) atoms. The number of halogens is 3. The molecule has 4 heteroatoms. The molecule has 0 heterocycles. The second-order valence-electron chi connectivity index (χ2n) is 10.5. The number of rotatable bonds is 7. The number of hydrogen-bond acceptors (Lipinski definition) is 0. The minimum atomic E-state index is -3.90. The quantitative estimate of drug-likeness (QED) is 0.246. The third-order valence-corrected chi connectivity index (χ3v) is 11.9. The maximum absolute atomic E-state index is 7.01. The number of benzene rings is 3. The molecular weight excluding hydrogens is 539 g/mol. The summed E-state index contributed by atoms with van der Waals surface area (Å²) in [7, 11) is 17.1. The van der Waals surface area contributed by atoms with Gasteiger partial charge in [-0.05, 0) is 0 Å². The van der Waals surface area contributed by atoms with Gasteiger partial charge in [0.2, 0.25) is 0 Å². The average Bonchev–Trinajstić information content (AvgIpc) is 2.76. The molecular formula is C30H37Cl3Ge. The third-order valence-electron chi connectivity index (χ3n) is 6.63. The zero-order valence-corrected chi connectivity index (χ0v) is 26.0. The van der Waals surface area contributed by atoms with Gasteiger partial charge in [-0.15, -0.1) is 0 Å². The first kappa shape index (κ1) is 27.7. The van der Waals surface area contributed by atoms with E-state index in [-0.39, 0.29) is 0 Å². The molecule has 0 spiro atoms. The summed E-state index contributed by atoms with van der Waals surface area (Å²) in [6, 6.07) is 19.8. The Kier molecular flexibility index (Phi) is 8.94. The van der Waals surface area contributed by atoms with Crippen LogP contribution in [0.2, 0.25) is 0 Å². The average molecular weight is 577 g/mol. The fraction of sp³-hybridized carbons (Fsp3) is 0.400. The second kappa shape index (κ2) is 11.0. The van der Waals surface area contributed by atoms with Gasteiger partial charge in [0.05, 0.1) is 0 Å². The van der Waals surface area contributed by atoms with Crippen LogP contribution in [0.25, 0.3) is 22.3 Å². The molecule has 0 aliphatic carbocycles. The second-order valence-corrected chi connectivity index (χ2v) is 25.5. The van der Waals surface area contributed by atoms with Crippen molar-refractivity contribution in [1.29, 1.82) is 0 Å². The summed E-state index contributed by atoms with van der Waals surface area (Å²) in [5.41, 5.74) is 9.91. The molecule has 0 fully saturated rings. The van der Waals surface area contributed by atoms with E-state index in [0.717, 1.165) is 15.5 Å². The van der Waals surface area contributed by atoms with Gasteiger partial charge in [-0.25, -0.2) is 0 Å². The van der Waals surface area contributed by atoms with Crippen LogP contribution < -0.4 is 4.40 Å². The standard InChI is InChI=1S/C30H37Cl3Ge/c1-18(2)22-12-9-13-23(19(3)4)28(22)26-16-11-17-27(30(26)34(31,32)33)29-24(20(5)6)14-10-15-25(29)21(7)8/h9-21H,1-8H3. The normalized spacial score (nSPS) is 12.4. The predicted octanol–water partition coefficient (Wildman–Crippen LogP) is 10.4. The van der Waals surface area contributed by atoms with Gasteiger partial charge in [0.1, 0.15) is 0 Å². The molecule has 3 rings (SSSR count). The first-order chi connectivity index (χ1) is 15.9. The van der Waals surface area contributed by atoms with E-state index in [0.29, 0.717) is 23.7 Å². The Balaban J connectivity index is 2.54. The van der Waals surface area contributed by atoms with Gasteiger partial charge in [-0.3, -0.25) is 0 Å². The van der Waals surface area contributed by atoms with Crippen molar-refractivity contribution in [2.24, 2.45) is 0 Å². The SMILES string of the molecule is CC(C)c1cccc(C(C)C)c1-c1cccc(-c2c(C(C)C)cccc2C(C)C)[c]1[Ge]([Cl])([Cl])[Cl]. The van der Waals surface area contributed by atoms with Gasteiger partial charge in [-0.1, -0.05) is 0 Å². The molecule has 0 unspecified atom stereocenters. The summed E-state index contributed by atoms with van der Waals surface area (Å²) in [5, 5.41) is 0. The van der Waals surface area contributed by atoms with Crippen LogP contribution in [0.15, 0.2) is 54.6 Å². The molecule has 0 radical (unpaired) electrons. The van der Waals surface area contributed by atoms with Crippen molar-refractivity contribution < 1.29 is 0 Å². The molecule has 0 aliphatic rings. The molecule has 0 saturated heterocycles. The summed E-state index contributed by atoms with van der Waals surface area (Å²) in [4.78, 5) is 0. The summed E-state index contributed by atoms with van der Waals surface area (Å²) in [5.74, 6) is 1.45. The summed E-state index contributed by atoms with van der Waals surface area (Å²) in [6.45, 7) is 18.0. The van der Waals surface area contributed by atoms with Gasteiger partial charge >= 0.3 is 223 Å². The van der Waals surface area contributed by atoms with Crippen LogP contribution >= 0.6 is 30.0 Å². The van der Waals surface area contributed by atoms with Gasteiger partial charge in [0.25, 0.3) is 0 Å². The van der Waals surface area contributed by atoms with Crippen molar-refractivity contribution in [3.05, 3.63) is 76.9 Å². The van der Waals surface area contributed by atoms with E-state index in [9.17, 15) is 0 Å². The first-order valence-electron chi connectivity index (χ1n) is 12.3. The van der Waals surface area contributed by atoms with Gasteiger partial charge in [0, 0.05) is 0 Å².